The van der Waals surface area contributed by atoms with E-state index in [1.165, 1.54) is 0 Å². The van der Waals surface area contributed by atoms with Crippen molar-refractivity contribution in [1.82, 2.24) is 4.98 Å². The Labute approximate surface area is 92.0 Å². The van der Waals surface area contributed by atoms with Crippen molar-refractivity contribution in [3.8, 4) is 0 Å². The molecule has 76 valence electrons. The molecule has 1 aromatic rings. The molecular formula is C12H17NS. The first-order valence-corrected chi connectivity index (χ1v) is 5.13. The summed E-state index contributed by atoms with van der Waals surface area (Å²) < 4.78 is 0. The number of aryl methyl sites for hydroxylation is 1. The maximum absolute atomic E-state index is 4.20. The Morgan fingerprint density at radius 3 is 2.57 bits per heavy atom. The molecule has 1 rings (SSSR count). The first-order chi connectivity index (χ1) is 6.74. The molecule has 0 radical (unpaired) electrons. The Kier molecular flexibility index (Phi) is 6.85. The molecule has 0 atom stereocenters. The molecule has 14 heavy (non-hydrogen) atoms. The van der Waals surface area contributed by atoms with E-state index in [9.17, 15) is 0 Å². The lowest BCUT2D eigenvalue weighted by atomic mass is 10.2. The van der Waals surface area contributed by atoms with Crippen LogP contribution in [0.25, 0.3) is 6.08 Å². The fraction of sp³-hybridized carbons (Fsp3) is 0.250. The molecule has 0 saturated carbocycles. The van der Waals surface area contributed by atoms with Gasteiger partial charge in [-0.15, -0.1) is 12.6 Å². The van der Waals surface area contributed by atoms with Crippen molar-refractivity contribution in [2.75, 3.05) is 0 Å². The predicted molar refractivity (Wildman–Crippen MR) is 66.8 cm³/mol. The smallest absolute Gasteiger partial charge is 0.0659 e. The van der Waals surface area contributed by atoms with Crippen LogP contribution in [0.15, 0.2) is 35.9 Å². The van der Waals surface area contributed by atoms with Gasteiger partial charge >= 0.3 is 0 Å². The molecule has 0 aliphatic carbocycles. The van der Waals surface area contributed by atoms with Gasteiger partial charge in [0, 0.05) is 11.1 Å². The first kappa shape index (κ1) is 13.0. The Balaban J connectivity index is 0.000000791. The van der Waals surface area contributed by atoms with Gasteiger partial charge in [-0.1, -0.05) is 32.6 Å². The standard InChI is InChI=1S/C10H11NS.C2H6/c1-3-4-5-10-8(2)6-9(12)7-11-10;1-2/h3-7,12H,1H2,2H3;1-2H3/b5-4-;. The van der Waals surface area contributed by atoms with E-state index in [1.807, 2.05) is 39.0 Å². The van der Waals surface area contributed by atoms with Crippen LogP contribution in [0.2, 0.25) is 0 Å². The summed E-state index contributed by atoms with van der Waals surface area (Å²) >= 11 is 4.19. The molecule has 0 amide bonds. The van der Waals surface area contributed by atoms with Crippen molar-refractivity contribution in [3.05, 3.63) is 42.3 Å². The second kappa shape index (κ2) is 7.39. The van der Waals surface area contributed by atoms with Crippen LogP contribution < -0.4 is 0 Å². The van der Waals surface area contributed by atoms with Gasteiger partial charge in [-0.3, -0.25) is 4.98 Å². The summed E-state index contributed by atoms with van der Waals surface area (Å²) in [6.45, 7) is 9.60. The fourth-order valence-electron chi connectivity index (χ4n) is 0.904. The Morgan fingerprint density at radius 1 is 1.43 bits per heavy atom. The predicted octanol–water partition coefficient (Wildman–Crippen LogP) is 3.90. The molecule has 0 aromatic carbocycles. The minimum absolute atomic E-state index is 0.892. The normalized spacial score (nSPS) is 9.43. The summed E-state index contributed by atoms with van der Waals surface area (Å²) in [5.41, 5.74) is 2.09. The van der Waals surface area contributed by atoms with Crippen LogP contribution in [0.3, 0.4) is 0 Å². The van der Waals surface area contributed by atoms with Gasteiger partial charge in [-0.25, -0.2) is 0 Å². The van der Waals surface area contributed by atoms with Crippen LogP contribution in [0.1, 0.15) is 25.1 Å². The number of thiol groups is 1. The largest absolute Gasteiger partial charge is 0.255 e. The number of hydrogen-bond donors (Lipinski definition) is 1. The third-order valence-corrected chi connectivity index (χ3v) is 1.74. The molecule has 0 aliphatic heterocycles. The molecule has 0 saturated heterocycles. The van der Waals surface area contributed by atoms with Gasteiger partial charge in [0.2, 0.25) is 0 Å². The van der Waals surface area contributed by atoms with Crippen LogP contribution in [0.4, 0.5) is 0 Å². The molecule has 0 fully saturated rings. The summed E-state index contributed by atoms with van der Waals surface area (Å²) in [4.78, 5) is 5.10. The molecule has 1 heterocycles. The van der Waals surface area contributed by atoms with E-state index >= 15 is 0 Å². The van der Waals surface area contributed by atoms with Gasteiger partial charge in [0.25, 0.3) is 0 Å². The van der Waals surface area contributed by atoms with E-state index in [0.29, 0.717) is 0 Å². The van der Waals surface area contributed by atoms with Crippen molar-refractivity contribution in [2.45, 2.75) is 25.7 Å². The zero-order valence-electron chi connectivity index (χ0n) is 8.99. The molecular weight excluding hydrogens is 190 g/mol. The zero-order chi connectivity index (χ0) is 11.0. The summed E-state index contributed by atoms with van der Waals surface area (Å²) in [6.07, 6.45) is 7.26. The highest BCUT2D eigenvalue weighted by molar-refractivity contribution is 7.80. The van der Waals surface area contributed by atoms with Gasteiger partial charge in [0.15, 0.2) is 0 Å². The lowest BCUT2D eigenvalue weighted by Gasteiger charge is -1.98. The van der Waals surface area contributed by atoms with Crippen molar-refractivity contribution in [3.63, 3.8) is 0 Å². The van der Waals surface area contributed by atoms with Gasteiger partial charge < -0.3 is 0 Å². The van der Waals surface area contributed by atoms with Gasteiger partial charge in [-0.2, -0.15) is 0 Å². The zero-order valence-corrected chi connectivity index (χ0v) is 9.88. The van der Waals surface area contributed by atoms with Crippen LogP contribution in [-0.2, 0) is 0 Å². The number of nitrogens with zero attached hydrogens (tertiary/aromatic N) is 1. The maximum Gasteiger partial charge on any atom is 0.0659 e. The van der Waals surface area contributed by atoms with Crippen molar-refractivity contribution >= 4 is 18.7 Å². The summed E-state index contributed by atoms with van der Waals surface area (Å²) in [6, 6.07) is 1.98. The highest BCUT2D eigenvalue weighted by Crippen LogP contribution is 2.11. The van der Waals surface area contributed by atoms with Crippen molar-refractivity contribution < 1.29 is 0 Å². The molecule has 1 aromatic heterocycles. The van der Waals surface area contributed by atoms with E-state index in [4.69, 9.17) is 0 Å². The summed E-state index contributed by atoms with van der Waals surface area (Å²) in [5.74, 6) is 0. The fourth-order valence-corrected chi connectivity index (χ4v) is 1.16. The number of allylic oxidation sites excluding steroid dienone is 2. The van der Waals surface area contributed by atoms with Crippen LogP contribution in [-0.4, -0.2) is 4.98 Å². The van der Waals surface area contributed by atoms with Crippen LogP contribution >= 0.6 is 12.6 Å². The van der Waals surface area contributed by atoms with Crippen molar-refractivity contribution in [2.24, 2.45) is 0 Å². The third-order valence-electron chi connectivity index (χ3n) is 1.49. The quantitative estimate of drug-likeness (QED) is 0.573. The molecule has 0 spiro atoms. The van der Waals surface area contributed by atoms with E-state index in [1.54, 1.807) is 12.3 Å². The lowest BCUT2D eigenvalue weighted by molar-refractivity contribution is 1.17. The number of hydrogen-bond acceptors (Lipinski definition) is 2. The lowest BCUT2D eigenvalue weighted by Crippen LogP contribution is -1.85. The third kappa shape index (κ3) is 4.28. The molecule has 1 nitrogen and oxygen atoms in total. The Hall–Kier alpha value is -1.02. The first-order valence-electron chi connectivity index (χ1n) is 4.69. The summed E-state index contributed by atoms with van der Waals surface area (Å²) in [5, 5.41) is 0. The van der Waals surface area contributed by atoms with Crippen molar-refractivity contribution in [1.29, 1.82) is 0 Å². The minimum Gasteiger partial charge on any atom is -0.255 e. The van der Waals surface area contributed by atoms with Gasteiger partial charge in [-0.05, 0) is 24.6 Å². The van der Waals surface area contributed by atoms with Gasteiger partial charge in [0.1, 0.15) is 0 Å². The second-order valence-corrected chi connectivity index (χ2v) is 3.01. The van der Waals surface area contributed by atoms with Crippen LogP contribution in [0.5, 0.6) is 0 Å². The topological polar surface area (TPSA) is 12.9 Å². The number of pyridine rings is 1. The summed E-state index contributed by atoms with van der Waals surface area (Å²) in [7, 11) is 0. The number of aromatic nitrogens is 1. The molecule has 0 bridgehead atoms. The maximum atomic E-state index is 4.20. The number of rotatable bonds is 2. The van der Waals surface area contributed by atoms with E-state index < -0.39 is 0 Å². The molecule has 0 N–H and O–H groups in total. The van der Waals surface area contributed by atoms with E-state index in [0.717, 1.165) is 16.2 Å². The van der Waals surface area contributed by atoms with E-state index in [-0.39, 0.29) is 0 Å². The van der Waals surface area contributed by atoms with E-state index in [2.05, 4.69) is 24.2 Å². The average molecular weight is 207 g/mol. The molecule has 2 heteroatoms. The average Bonchev–Trinajstić information content (AvgIpc) is 2.20. The Bertz CT molecular complexity index is 316. The monoisotopic (exact) mass is 207 g/mol. The highest BCUT2D eigenvalue weighted by atomic mass is 32.1. The highest BCUT2D eigenvalue weighted by Gasteiger charge is 1.94. The van der Waals surface area contributed by atoms with Crippen LogP contribution in [0, 0.1) is 6.92 Å². The van der Waals surface area contributed by atoms with Gasteiger partial charge in [0.05, 0.1) is 5.69 Å². The molecule has 0 aliphatic rings. The SMILES string of the molecule is C=C/C=C\c1ncc(S)cc1C.CC. The minimum atomic E-state index is 0.892. The molecule has 0 unspecified atom stereocenters. The second-order valence-electron chi connectivity index (χ2n) is 2.49. The Morgan fingerprint density at radius 2 is 2.07 bits per heavy atom.